The maximum atomic E-state index is 12.1. The molecular weight excluding hydrogens is 294 g/mol. The highest BCUT2D eigenvalue weighted by atomic mass is 16.5. The molecule has 6 heteroatoms. The third kappa shape index (κ3) is 3.74. The quantitative estimate of drug-likeness (QED) is 0.742. The van der Waals surface area contributed by atoms with E-state index >= 15 is 0 Å². The number of ether oxygens (including phenoxy) is 1. The molecular formula is C17H23N3O3. The fourth-order valence-electron chi connectivity index (χ4n) is 2.60. The van der Waals surface area contributed by atoms with Crippen LogP contribution in [0.1, 0.15) is 50.8 Å². The van der Waals surface area contributed by atoms with E-state index in [9.17, 15) is 9.90 Å². The number of fused-ring (bicyclic) bond motifs is 1. The first-order chi connectivity index (χ1) is 10.9. The molecule has 0 fully saturated rings. The zero-order chi connectivity index (χ0) is 17.0. The summed E-state index contributed by atoms with van der Waals surface area (Å²) < 4.78 is 5.81. The van der Waals surface area contributed by atoms with Crippen LogP contribution >= 0.6 is 0 Å². The number of rotatable bonds is 4. The van der Waals surface area contributed by atoms with Gasteiger partial charge in [0.1, 0.15) is 17.5 Å². The molecule has 0 spiro atoms. The lowest BCUT2D eigenvalue weighted by Crippen LogP contribution is -2.54. The molecule has 1 aliphatic heterocycles. The van der Waals surface area contributed by atoms with Crippen molar-refractivity contribution in [2.45, 2.75) is 51.4 Å². The number of nitrogens with zero attached hydrogens (tertiary/aromatic N) is 1. The van der Waals surface area contributed by atoms with E-state index in [4.69, 9.17) is 10.00 Å². The van der Waals surface area contributed by atoms with Crippen molar-refractivity contribution in [3.63, 3.8) is 0 Å². The molecule has 1 aromatic carbocycles. The lowest BCUT2D eigenvalue weighted by atomic mass is 9.86. The lowest BCUT2D eigenvalue weighted by Gasteiger charge is -2.42. The molecule has 2 rings (SSSR count). The van der Waals surface area contributed by atoms with E-state index in [0.29, 0.717) is 23.4 Å². The Bertz CT molecular complexity index is 622. The molecule has 23 heavy (non-hydrogen) atoms. The van der Waals surface area contributed by atoms with Crippen molar-refractivity contribution in [1.29, 1.82) is 5.26 Å². The highest BCUT2D eigenvalue weighted by Crippen LogP contribution is 2.40. The maximum Gasteiger partial charge on any atom is 0.315 e. The van der Waals surface area contributed by atoms with Crippen molar-refractivity contribution in [3.8, 4) is 11.8 Å². The minimum absolute atomic E-state index is 0.339. The van der Waals surface area contributed by atoms with Crippen LogP contribution in [0.25, 0.3) is 0 Å². The lowest BCUT2D eigenvalue weighted by molar-refractivity contribution is -0.0621. The number of hydrogen-bond donors (Lipinski definition) is 3. The van der Waals surface area contributed by atoms with Crippen LogP contribution in [0.4, 0.5) is 4.79 Å². The predicted octanol–water partition coefficient (Wildman–Crippen LogP) is 2.23. The SMILES string of the molecule is CCCCNC(=O)NC1c2cc(C#N)ccc2OC(C)(C)C1O. The van der Waals surface area contributed by atoms with E-state index in [1.165, 1.54) is 0 Å². The van der Waals surface area contributed by atoms with Crippen LogP contribution in [-0.2, 0) is 0 Å². The highest BCUT2D eigenvalue weighted by molar-refractivity contribution is 5.74. The Labute approximate surface area is 136 Å². The van der Waals surface area contributed by atoms with Crippen LogP contribution in [0.2, 0.25) is 0 Å². The number of carbonyl (C=O) groups is 1. The first-order valence-corrected chi connectivity index (χ1v) is 7.84. The molecule has 124 valence electrons. The molecule has 0 aromatic heterocycles. The predicted molar refractivity (Wildman–Crippen MR) is 86.1 cm³/mol. The molecule has 2 unspecified atom stereocenters. The van der Waals surface area contributed by atoms with Crippen molar-refractivity contribution in [1.82, 2.24) is 10.6 Å². The molecule has 0 aliphatic carbocycles. The van der Waals surface area contributed by atoms with Gasteiger partial charge in [0.25, 0.3) is 0 Å². The van der Waals surface area contributed by atoms with Crippen LogP contribution in [-0.4, -0.2) is 29.4 Å². The zero-order valence-electron chi connectivity index (χ0n) is 13.7. The van der Waals surface area contributed by atoms with Crippen LogP contribution in [0.3, 0.4) is 0 Å². The summed E-state index contributed by atoms with van der Waals surface area (Å²) in [6, 6.07) is 6.09. The van der Waals surface area contributed by atoms with Crippen LogP contribution < -0.4 is 15.4 Å². The van der Waals surface area contributed by atoms with E-state index in [1.807, 2.05) is 6.92 Å². The first-order valence-electron chi connectivity index (χ1n) is 7.84. The number of amides is 2. The highest BCUT2D eigenvalue weighted by Gasteiger charge is 2.43. The average Bonchev–Trinajstić information content (AvgIpc) is 2.51. The molecule has 3 N–H and O–H groups in total. The summed E-state index contributed by atoms with van der Waals surface area (Å²) in [5.41, 5.74) is 0.224. The Balaban J connectivity index is 2.26. The molecule has 0 saturated carbocycles. The van der Waals surface area contributed by atoms with Crippen molar-refractivity contribution in [3.05, 3.63) is 29.3 Å². The second kappa shape index (κ2) is 6.88. The second-order valence-corrected chi connectivity index (χ2v) is 6.25. The molecule has 1 heterocycles. The summed E-state index contributed by atoms with van der Waals surface area (Å²) in [5, 5.41) is 25.2. The van der Waals surface area contributed by atoms with Gasteiger partial charge < -0.3 is 20.5 Å². The monoisotopic (exact) mass is 317 g/mol. The number of carbonyl (C=O) groups excluding carboxylic acids is 1. The Morgan fingerprint density at radius 2 is 2.22 bits per heavy atom. The Kier molecular flexibility index (Phi) is 5.12. The summed E-state index contributed by atoms with van der Waals surface area (Å²) in [6.45, 7) is 6.16. The fraction of sp³-hybridized carbons (Fsp3) is 0.529. The van der Waals surface area contributed by atoms with Crippen LogP contribution in [0, 0.1) is 11.3 Å². The summed E-state index contributed by atoms with van der Waals surface area (Å²) in [4.78, 5) is 12.1. The van der Waals surface area contributed by atoms with E-state index in [-0.39, 0.29) is 6.03 Å². The van der Waals surface area contributed by atoms with Crippen molar-refractivity contribution in [2.75, 3.05) is 6.54 Å². The number of nitriles is 1. The van der Waals surface area contributed by atoms with Gasteiger partial charge in [0, 0.05) is 12.1 Å². The number of aliphatic hydroxyl groups excluding tert-OH is 1. The van der Waals surface area contributed by atoms with Gasteiger partial charge in [0.2, 0.25) is 0 Å². The normalized spacial score (nSPS) is 21.5. The first kappa shape index (κ1) is 17.1. The number of nitrogens with one attached hydrogen (secondary N) is 2. The van der Waals surface area contributed by atoms with E-state index in [2.05, 4.69) is 16.7 Å². The number of benzene rings is 1. The smallest absolute Gasteiger partial charge is 0.315 e. The van der Waals surface area contributed by atoms with Crippen LogP contribution in [0.5, 0.6) is 5.75 Å². The van der Waals surface area contributed by atoms with Gasteiger partial charge in [-0.1, -0.05) is 13.3 Å². The summed E-state index contributed by atoms with van der Waals surface area (Å²) in [7, 11) is 0. The number of hydrogen-bond acceptors (Lipinski definition) is 4. The van der Waals surface area contributed by atoms with Gasteiger partial charge in [-0.05, 0) is 38.5 Å². The van der Waals surface area contributed by atoms with Gasteiger partial charge in [-0.25, -0.2) is 4.79 Å². The molecule has 1 aromatic rings. The summed E-state index contributed by atoms with van der Waals surface area (Å²) >= 11 is 0. The fourth-order valence-corrected chi connectivity index (χ4v) is 2.60. The molecule has 6 nitrogen and oxygen atoms in total. The minimum atomic E-state index is -0.930. The van der Waals surface area contributed by atoms with Gasteiger partial charge in [-0.2, -0.15) is 5.26 Å². The Morgan fingerprint density at radius 1 is 1.48 bits per heavy atom. The number of unbranched alkanes of at least 4 members (excludes halogenated alkanes) is 1. The summed E-state index contributed by atoms with van der Waals surface area (Å²) in [5.74, 6) is 0.568. The molecule has 2 atom stereocenters. The molecule has 1 aliphatic rings. The molecule has 2 amide bonds. The standard InChI is InChI=1S/C17H23N3O3/c1-4-5-8-19-16(22)20-14-12-9-11(10-18)6-7-13(12)23-17(2,3)15(14)21/h6-7,9,14-15,21H,4-5,8H2,1-3H3,(H2,19,20,22). The minimum Gasteiger partial charge on any atom is -0.485 e. The molecule has 0 radical (unpaired) electrons. The topological polar surface area (TPSA) is 94.4 Å². The maximum absolute atomic E-state index is 12.1. The van der Waals surface area contributed by atoms with Crippen molar-refractivity contribution >= 4 is 6.03 Å². The van der Waals surface area contributed by atoms with Crippen LogP contribution in [0.15, 0.2) is 18.2 Å². The van der Waals surface area contributed by atoms with E-state index in [0.717, 1.165) is 12.8 Å². The largest absolute Gasteiger partial charge is 0.485 e. The Morgan fingerprint density at radius 3 is 2.87 bits per heavy atom. The van der Waals surface area contributed by atoms with Gasteiger partial charge in [0.05, 0.1) is 17.7 Å². The van der Waals surface area contributed by atoms with Gasteiger partial charge in [-0.3, -0.25) is 0 Å². The van der Waals surface area contributed by atoms with Gasteiger partial charge in [-0.15, -0.1) is 0 Å². The molecule has 0 saturated heterocycles. The van der Waals surface area contributed by atoms with Gasteiger partial charge in [0.15, 0.2) is 0 Å². The van der Waals surface area contributed by atoms with Crippen molar-refractivity contribution < 1.29 is 14.6 Å². The number of urea groups is 1. The Hall–Kier alpha value is -2.26. The third-order valence-electron chi connectivity index (χ3n) is 3.98. The van der Waals surface area contributed by atoms with Crippen molar-refractivity contribution in [2.24, 2.45) is 0 Å². The third-order valence-corrected chi connectivity index (χ3v) is 3.98. The average molecular weight is 317 g/mol. The number of aliphatic hydroxyl groups is 1. The second-order valence-electron chi connectivity index (χ2n) is 6.25. The zero-order valence-corrected chi connectivity index (χ0v) is 13.7. The van der Waals surface area contributed by atoms with Gasteiger partial charge >= 0.3 is 6.03 Å². The molecule has 0 bridgehead atoms. The van der Waals surface area contributed by atoms with E-state index in [1.54, 1.807) is 32.0 Å². The van der Waals surface area contributed by atoms with E-state index < -0.39 is 17.7 Å². The summed E-state index contributed by atoms with van der Waals surface area (Å²) in [6.07, 6.45) is 0.951.